The fourth-order valence-electron chi connectivity index (χ4n) is 1.21. The van der Waals surface area contributed by atoms with E-state index in [1.165, 1.54) is 25.1 Å². The standard InChI is InChI=1S/C10H7F5O5S.C2H6O3S/c11-9(12,13)8(10(14,15)21(17,18)19)20-7(16)6-4-2-1-3-5-6;1-2-6(3,4)5/h1-5,8H,(H,17,18,19);2H2,1H3,(H,3,4,5). The first-order valence-electron chi connectivity index (χ1n) is 6.56. The van der Waals surface area contributed by atoms with Crippen molar-refractivity contribution < 1.29 is 57.4 Å². The molecule has 8 nitrogen and oxygen atoms in total. The van der Waals surface area contributed by atoms with Gasteiger partial charge in [0.25, 0.3) is 16.2 Å². The Balaban J connectivity index is 0.000000972. The lowest BCUT2D eigenvalue weighted by molar-refractivity contribution is -0.248. The number of hydrogen-bond donors (Lipinski definition) is 2. The maximum atomic E-state index is 13.1. The minimum absolute atomic E-state index is 0.201. The molecule has 156 valence electrons. The molecule has 0 heterocycles. The monoisotopic (exact) mass is 444 g/mol. The summed E-state index contributed by atoms with van der Waals surface area (Å²) in [6.07, 6.45) is -10.3. The van der Waals surface area contributed by atoms with Crippen molar-refractivity contribution in [2.24, 2.45) is 0 Å². The van der Waals surface area contributed by atoms with E-state index in [9.17, 15) is 43.6 Å². The Labute approximate surface area is 150 Å². The highest BCUT2D eigenvalue weighted by atomic mass is 32.2. The van der Waals surface area contributed by atoms with Crippen LogP contribution in [0.25, 0.3) is 0 Å². The van der Waals surface area contributed by atoms with E-state index in [2.05, 4.69) is 4.74 Å². The van der Waals surface area contributed by atoms with Crippen LogP contribution in [0.4, 0.5) is 22.0 Å². The molecular formula is C12H13F5O8S2. The molecule has 1 aromatic rings. The number of alkyl halides is 5. The Morgan fingerprint density at radius 1 is 1.04 bits per heavy atom. The Morgan fingerprint density at radius 2 is 1.44 bits per heavy atom. The lowest BCUT2D eigenvalue weighted by Gasteiger charge is -2.26. The molecule has 1 atom stereocenters. The second-order valence-corrected chi connectivity index (χ2v) is 7.84. The summed E-state index contributed by atoms with van der Waals surface area (Å²) in [5.41, 5.74) is -0.502. The van der Waals surface area contributed by atoms with E-state index in [1.807, 2.05) is 0 Å². The summed E-state index contributed by atoms with van der Waals surface area (Å²) in [6, 6.07) is 5.79. The molecule has 0 aliphatic rings. The number of hydrogen-bond acceptors (Lipinski definition) is 6. The zero-order valence-corrected chi connectivity index (χ0v) is 14.9. The fourth-order valence-corrected chi connectivity index (χ4v) is 1.66. The highest BCUT2D eigenvalue weighted by Gasteiger charge is 2.66. The zero-order valence-electron chi connectivity index (χ0n) is 13.2. The van der Waals surface area contributed by atoms with Crippen LogP contribution in [0.3, 0.4) is 0 Å². The molecule has 2 N–H and O–H groups in total. The molecule has 1 aromatic carbocycles. The summed E-state index contributed by atoms with van der Waals surface area (Å²) < 4.78 is 123. The van der Waals surface area contributed by atoms with Crippen molar-refractivity contribution in [3.63, 3.8) is 0 Å². The molecule has 1 unspecified atom stereocenters. The molecule has 0 aliphatic carbocycles. The Hall–Kier alpha value is -1.84. The Morgan fingerprint density at radius 3 is 1.74 bits per heavy atom. The van der Waals surface area contributed by atoms with Crippen molar-refractivity contribution >= 4 is 26.2 Å². The summed E-state index contributed by atoms with van der Waals surface area (Å²) >= 11 is 0. The van der Waals surface area contributed by atoms with Crippen LogP contribution in [0.2, 0.25) is 0 Å². The lowest BCUT2D eigenvalue weighted by atomic mass is 10.2. The molecule has 0 bridgehead atoms. The van der Waals surface area contributed by atoms with Gasteiger partial charge in [0.2, 0.25) is 0 Å². The van der Waals surface area contributed by atoms with E-state index in [-0.39, 0.29) is 5.75 Å². The number of halogens is 5. The van der Waals surface area contributed by atoms with Crippen LogP contribution >= 0.6 is 0 Å². The van der Waals surface area contributed by atoms with Gasteiger partial charge in [0, 0.05) is 0 Å². The fraction of sp³-hybridized carbons (Fsp3) is 0.417. The van der Waals surface area contributed by atoms with Gasteiger partial charge in [-0.15, -0.1) is 0 Å². The number of benzene rings is 1. The largest absolute Gasteiger partial charge is 0.441 e. The van der Waals surface area contributed by atoms with Gasteiger partial charge in [0.15, 0.2) is 0 Å². The molecule has 0 fully saturated rings. The van der Waals surface area contributed by atoms with Gasteiger partial charge in [-0.25, -0.2) is 4.79 Å². The summed E-state index contributed by atoms with van der Waals surface area (Å²) in [6.45, 7) is 1.37. The molecule has 0 aromatic heterocycles. The van der Waals surface area contributed by atoms with Gasteiger partial charge in [-0.1, -0.05) is 18.2 Å². The summed E-state index contributed by atoms with van der Waals surface area (Å²) in [7, 11) is -10.1. The summed E-state index contributed by atoms with van der Waals surface area (Å²) in [5, 5.41) is -5.74. The summed E-state index contributed by atoms with van der Waals surface area (Å²) in [4.78, 5) is 11.3. The van der Waals surface area contributed by atoms with Gasteiger partial charge in [0.1, 0.15) is 0 Å². The van der Waals surface area contributed by atoms with Crippen LogP contribution in [0, 0.1) is 0 Å². The molecule has 0 radical (unpaired) electrons. The number of rotatable bonds is 5. The highest BCUT2D eigenvalue weighted by Crippen LogP contribution is 2.38. The first kappa shape index (κ1) is 25.2. The number of carbonyl (C=O) groups is 1. The van der Waals surface area contributed by atoms with Gasteiger partial charge >= 0.3 is 27.5 Å². The minimum atomic E-state index is -6.44. The lowest BCUT2D eigenvalue weighted by Crippen LogP contribution is -2.52. The van der Waals surface area contributed by atoms with Crippen molar-refractivity contribution in [3.05, 3.63) is 35.9 Å². The molecule has 1 rings (SSSR count). The van der Waals surface area contributed by atoms with Crippen LogP contribution in [0.15, 0.2) is 30.3 Å². The molecule has 0 amide bonds. The van der Waals surface area contributed by atoms with Crippen LogP contribution in [0.5, 0.6) is 0 Å². The molecular weight excluding hydrogens is 431 g/mol. The van der Waals surface area contributed by atoms with Crippen LogP contribution in [-0.2, 0) is 25.0 Å². The average Bonchev–Trinajstić information content (AvgIpc) is 2.50. The first-order chi connectivity index (χ1) is 11.9. The third-order valence-electron chi connectivity index (χ3n) is 2.55. The predicted molar refractivity (Wildman–Crippen MR) is 80.3 cm³/mol. The van der Waals surface area contributed by atoms with Gasteiger partial charge < -0.3 is 4.74 Å². The molecule has 0 aliphatic heterocycles. The average molecular weight is 444 g/mol. The predicted octanol–water partition coefficient (Wildman–Crippen LogP) is 2.15. The molecule has 0 saturated heterocycles. The second-order valence-electron chi connectivity index (χ2n) is 4.60. The third-order valence-corrected chi connectivity index (χ3v) is 4.18. The molecule has 0 saturated carbocycles. The molecule has 15 heteroatoms. The highest BCUT2D eigenvalue weighted by molar-refractivity contribution is 7.87. The third kappa shape index (κ3) is 8.15. The number of carbonyl (C=O) groups excluding carboxylic acids is 1. The topological polar surface area (TPSA) is 135 Å². The van der Waals surface area contributed by atoms with Crippen molar-refractivity contribution in [2.45, 2.75) is 24.5 Å². The van der Waals surface area contributed by atoms with Crippen molar-refractivity contribution in [1.82, 2.24) is 0 Å². The van der Waals surface area contributed by atoms with Gasteiger partial charge in [-0.2, -0.15) is 38.8 Å². The molecule has 27 heavy (non-hydrogen) atoms. The summed E-state index contributed by atoms with van der Waals surface area (Å²) in [5.74, 6) is -2.02. The van der Waals surface area contributed by atoms with E-state index in [0.29, 0.717) is 0 Å². The van der Waals surface area contributed by atoms with Crippen molar-refractivity contribution in [3.8, 4) is 0 Å². The number of esters is 1. The van der Waals surface area contributed by atoms with Gasteiger partial charge in [-0.3, -0.25) is 9.11 Å². The van der Waals surface area contributed by atoms with Gasteiger partial charge in [-0.05, 0) is 19.1 Å². The Bertz CT molecular complexity index is 834. The van der Waals surface area contributed by atoms with E-state index in [0.717, 1.165) is 12.1 Å². The maximum absolute atomic E-state index is 13.1. The van der Waals surface area contributed by atoms with E-state index in [4.69, 9.17) is 9.11 Å². The van der Waals surface area contributed by atoms with Crippen LogP contribution < -0.4 is 0 Å². The quantitative estimate of drug-likeness (QED) is 0.401. The maximum Gasteiger partial charge on any atom is 0.432 e. The van der Waals surface area contributed by atoms with Gasteiger partial charge in [0.05, 0.1) is 11.3 Å². The van der Waals surface area contributed by atoms with Crippen LogP contribution in [0.1, 0.15) is 17.3 Å². The number of ether oxygens (including phenoxy) is 1. The van der Waals surface area contributed by atoms with Crippen LogP contribution in [-0.4, -0.2) is 55.2 Å². The van der Waals surface area contributed by atoms with Crippen molar-refractivity contribution in [1.29, 1.82) is 0 Å². The SMILES string of the molecule is CCS(=O)(=O)O.O=C(OC(C(F)(F)F)C(F)(F)S(=O)(=O)O)c1ccccc1. The minimum Gasteiger partial charge on any atom is -0.441 e. The van der Waals surface area contributed by atoms with Crippen molar-refractivity contribution in [2.75, 3.05) is 5.75 Å². The van der Waals surface area contributed by atoms with E-state index < -0.39 is 49.3 Å². The smallest absolute Gasteiger partial charge is 0.432 e. The molecule has 0 spiro atoms. The second kappa shape index (κ2) is 8.90. The zero-order chi connectivity index (χ0) is 21.7. The van der Waals surface area contributed by atoms with E-state index in [1.54, 1.807) is 0 Å². The first-order valence-corrected chi connectivity index (χ1v) is 9.61. The normalized spacial score (nSPS) is 13.9. The van der Waals surface area contributed by atoms with E-state index >= 15 is 0 Å². The Kier molecular flexibility index (Phi) is 8.29.